The molecule has 0 fully saturated rings. The van der Waals surface area contributed by atoms with Crippen LogP contribution >= 0.6 is 0 Å². The fourth-order valence-corrected chi connectivity index (χ4v) is 3.14. The molecule has 0 N–H and O–H groups in total. The summed E-state index contributed by atoms with van der Waals surface area (Å²) in [7, 11) is 1.68. The van der Waals surface area contributed by atoms with E-state index in [2.05, 4.69) is 44.7 Å². The second kappa shape index (κ2) is 12.3. The zero-order chi connectivity index (χ0) is 24.4. The molecule has 0 radical (unpaired) electrons. The first-order valence-corrected chi connectivity index (χ1v) is 11.2. The standard InChI is InChI=1S/C28H36O5/c1-20(29)8-9-21(2)33-23(4)19-32-27-16-12-25(13-17-27)28(5,6)24-10-14-26(15-11-24)31-18-22(3)30-7/h8-17,22-23H,2,18-19H2,1,3-7H3/b9-8+. The molecule has 0 saturated carbocycles. The van der Waals surface area contributed by atoms with E-state index in [0.717, 1.165) is 11.5 Å². The third-order valence-electron chi connectivity index (χ3n) is 5.38. The van der Waals surface area contributed by atoms with E-state index in [1.807, 2.05) is 38.1 Å². The zero-order valence-electron chi connectivity index (χ0n) is 20.6. The molecule has 2 unspecified atom stereocenters. The number of carbonyl (C=O) groups is 1. The average molecular weight is 453 g/mol. The lowest BCUT2D eigenvalue weighted by Gasteiger charge is -2.26. The number of hydrogen-bond acceptors (Lipinski definition) is 5. The number of benzene rings is 2. The number of allylic oxidation sites excluding steroid dienone is 2. The summed E-state index contributed by atoms with van der Waals surface area (Å²) in [5.41, 5.74) is 2.21. The second-order valence-electron chi connectivity index (χ2n) is 8.68. The van der Waals surface area contributed by atoms with Crippen LogP contribution in [-0.2, 0) is 19.7 Å². The van der Waals surface area contributed by atoms with Gasteiger partial charge in [0.25, 0.3) is 0 Å². The van der Waals surface area contributed by atoms with Crippen LogP contribution in [0.1, 0.15) is 45.7 Å². The predicted octanol–water partition coefficient (Wildman–Crippen LogP) is 5.87. The van der Waals surface area contributed by atoms with Crippen molar-refractivity contribution in [3.05, 3.63) is 84.1 Å². The van der Waals surface area contributed by atoms with E-state index in [-0.39, 0.29) is 23.4 Å². The van der Waals surface area contributed by atoms with E-state index in [0.29, 0.717) is 19.0 Å². The van der Waals surface area contributed by atoms with Crippen LogP contribution in [0.2, 0.25) is 0 Å². The molecule has 0 spiro atoms. The van der Waals surface area contributed by atoms with Crippen LogP contribution in [0.5, 0.6) is 11.5 Å². The molecule has 33 heavy (non-hydrogen) atoms. The molecule has 2 rings (SSSR count). The third-order valence-corrected chi connectivity index (χ3v) is 5.38. The Morgan fingerprint density at radius 2 is 1.33 bits per heavy atom. The lowest BCUT2D eigenvalue weighted by molar-refractivity contribution is -0.112. The van der Waals surface area contributed by atoms with Crippen molar-refractivity contribution in [1.82, 2.24) is 0 Å². The SMILES string of the molecule is C=C(/C=C/C(C)=O)OC(C)COc1ccc(C(C)(C)c2ccc(OCC(C)OC)cc2)cc1. The molecule has 2 aromatic rings. The van der Waals surface area contributed by atoms with Crippen molar-refractivity contribution in [2.75, 3.05) is 20.3 Å². The Labute approximate surface area is 198 Å². The minimum absolute atomic E-state index is 0.0485. The largest absolute Gasteiger partial charge is 0.491 e. The van der Waals surface area contributed by atoms with Crippen molar-refractivity contribution in [2.24, 2.45) is 0 Å². The molecule has 0 aliphatic heterocycles. The number of ketones is 1. The fraction of sp³-hybridized carbons (Fsp3) is 0.393. The van der Waals surface area contributed by atoms with Crippen LogP contribution in [0.25, 0.3) is 0 Å². The summed E-state index contributed by atoms with van der Waals surface area (Å²) >= 11 is 0. The molecule has 0 aliphatic rings. The highest BCUT2D eigenvalue weighted by molar-refractivity contribution is 5.87. The zero-order valence-corrected chi connectivity index (χ0v) is 20.6. The van der Waals surface area contributed by atoms with Crippen molar-refractivity contribution < 1.29 is 23.7 Å². The minimum Gasteiger partial charge on any atom is -0.491 e. The maximum absolute atomic E-state index is 11.0. The third kappa shape index (κ3) is 8.43. The number of carbonyl (C=O) groups excluding carboxylic acids is 1. The lowest BCUT2D eigenvalue weighted by Crippen LogP contribution is -2.19. The van der Waals surface area contributed by atoms with Crippen LogP contribution in [0.3, 0.4) is 0 Å². The molecule has 0 heterocycles. The maximum Gasteiger partial charge on any atom is 0.152 e. The molecule has 0 aliphatic carbocycles. The second-order valence-corrected chi connectivity index (χ2v) is 8.68. The maximum atomic E-state index is 11.0. The summed E-state index contributed by atoms with van der Waals surface area (Å²) in [6.45, 7) is 14.4. The van der Waals surface area contributed by atoms with Crippen LogP contribution < -0.4 is 9.47 Å². The number of methoxy groups -OCH3 is 1. The Morgan fingerprint density at radius 3 is 1.76 bits per heavy atom. The van der Waals surface area contributed by atoms with Crippen molar-refractivity contribution >= 4 is 5.78 Å². The minimum atomic E-state index is -0.196. The Balaban J connectivity index is 1.93. The van der Waals surface area contributed by atoms with E-state index in [9.17, 15) is 4.79 Å². The average Bonchev–Trinajstić information content (AvgIpc) is 2.80. The highest BCUT2D eigenvalue weighted by atomic mass is 16.5. The van der Waals surface area contributed by atoms with Crippen LogP contribution in [0, 0.1) is 0 Å². The van der Waals surface area contributed by atoms with Gasteiger partial charge >= 0.3 is 0 Å². The summed E-state index contributed by atoms with van der Waals surface area (Å²) in [4.78, 5) is 11.0. The summed E-state index contributed by atoms with van der Waals surface area (Å²) in [6, 6.07) is 16.3. The van der Waals surface area contributed by atoms with Gasteiger partial charge in [0, 0.05) is 12.5 Å². The van der Waals surface area contributed by atoms with Gasteiger partial charge in [-0.1, -0.05) is 44.7 Å². The summed E-state index contributed by atoms with van der Waals surface area (Å²) in [5.74, 6) is 1.99. The van der Waals surface area contributed by atoms with Crippen molar-refractivity contribution in [2.45, 2.75) is 52.2 Å². The van der Waals surface area contributed by atoms with Crippen molar-refractivity contribution in [3.8, 4) is 11.5 Å². The van der Waals surface area contributed by atoms with E-state index in [4.69, 9.17) is 18.9 Å². The molecule has 178 valence electrons. The highest BCUT2D eigenvalue weighted by Gasteiger charge is 2.23. The van der Waals surface area contributed by atoms with Crippen molar-refractivity contribution in [1.29, 1.82) is 0 Å². The molecular formula is C28H36O5. The van der Waals surface area contributed by atoms with Crippen LogP contribution in [0.4, 0.5) is 0 Å². The van der Waals surface area contributed by atoms with Gasteiger partial charge in [-0.3, -0.25) is 4.79 Å². The normalized spacial score (nSPS) is 13.4. The van der Waals surface area contributed by atoms with Crippen LogP contribution in [0.15, 0.2) is 73.0 Å². The van der Waals surface area contributed by atoms with Crippen LogP contribution in [-0.4, -0.2) is 38.3 Å². The van der Waals surface area contributed by atoms with Gasteiger partial charge in [-0.15, -0.1) is 0 Å². The molecule has 5 heteroatoms. The van der Waals surface area contributed by atoms with Crippen molar-refractivity contribution in [3.63, 3.8) is 0 Å². The van der Waals surface area contributed by atoms with Gasteiger partial charge < -0.3 is 18.9 Å². The van der Waals surface area contributed by atoms with E-state index < -0.39 is 0 Å². The number of rotatable bonds is 13. The quantitative estimate of drug-likeness (QED) is 0.216. The van der Waals surface area contributed by atoms with E-state index in [1.54, 1.807) is 13.2 Å². The molecule has 0 amide bonds. The fourth-order valence-electron chi connectivity index (χ4n) is 3.14. The first-order chi connectivity index (χ1) is 15.6. The van der Waals surface area contributed by atoms with E-state index in [1.165, 1.54) is 24.1 Å². The van der Waals surface area contributed by atoms with Gasteiger partial charge in [-0.2, -0.15) is 0 Å². The topological polar surface area (TPSA) is 54.0 Å². The number of hydrogen-bond donors (Lipinski definition) is 0. The Bertz CT molecular complexity index is 926. The molecule has 0 bridgehead atoms. The van der Waals surface area contributed by atoms with Gasteiger partial charge in [0.15, 0.2) is 5.78 Å². The Kier molecular flexibility index (Phi) is 9.74. The monoisotopic (exact) mass is 452 g/mol. The molecule has 5 nitrogen and oxygen atoms in total. The van der Waals surface area contributed by atoms with Gasteiger partial charge in [-0.25, -0.2) is 0 Å². The Hall–Kier alpha value is -3.05. The molecular weight excluding hydrogens is 416 g/mol. The first kappa shape index (κ1) is 26.2. The molecule has 0 saturated heterocycles. The van der Waals surface area contributed by atoms with E-state index >= 15 is 0 Å². The lowest BCUT2D eigenvalue weighted by atomic mass is 9.78. The van der Waals surface area contributed by atoms with Gasteiger partial charge in [0.05, 0.1) is 6.10 Å². The first-order valence-electron chi connectivity index (χ1n) is 11.2. The van der Waals surface area contributed by atoms with Gasteiger partial charge in [-0.05, 0) is 68.3 Å². The Morgan fingerprint density at radius 1 is 0.879 bits per heavy atom. The van der Waals surface area contributed by atoms with Gasteiger partial charge in [0.2, 0.25) is 0 Å². The molecule has 2 atom stereocenters. The smallest absolute Gasteiger partial charge is 0.152 e. The predicted molar refractivity (Wildman–Crippen MR) is 132 cm³/mol. The van der Waals surface area contributed by atoms with Gasteiger partial charge in [0.1, 0.15) is 36.6 Å². The number of ether oxygens (including phenoxy) is 4. The summed E-state index contributed by atoms with van der Waals surface area (Å²) in [6.07, 6.45) is 2.85. The highest BCUT2D eigenvalue weighted by Crippen LogP contribution is 2.33. The molecule has 0 aromatic heterocycles. The molecule has 2 aromatic carbocycles. The summed E-state index contributed by atoms with van der Waals surface area (Å²) < 4.78 is 22.5. The summed E-state index contributed by atoms with van der Waals surface area (Å²) in [5, 5.41) is 0.